The van der Waals surface area contributed by atoms with Crippen molar-refractivity contribution in [2.45, 2.75) is 50.0 Å². The van der Waals surface area contributed by atoms with Gasteiger partial charge in [-0.3, -0.25) is 0 Å². The lowest BCUT2D eigenvalue weighted by atomic mass is 9.52. The molecule has 1 aromatic carbocycles. The summed E-state index contributed by atoms with van der Waals surface area (Å²) in [6.45, 7) is 4.23. The molecule has 1 heterocycles. The summed E-state index contributed by atoms with van der Waals surface area (Å²) in [6, 6.07) is 5.98. The minimum Gasteiger partial charge on any atom is -0.508 e. The predicted molar refractivity (Wildman–Crippen MR) is 87.2 cm³/mol. The molecule has 0 aromatic heterocycles. The minimum atomic E-state index is -0.272. The number of aromatic hydroxyl groups is 1. The number of piperidine rings is 1. The molecular weight excluding hydrogens is 290 g/mol. The molecule has 2 bridgehead atoms. The number of hydrogen-bond acceptors (Lipinski definition) is 3. The standard InChI is InChI=1S/C19H23NO3/c1-2-23-18(22)20-10-9-19-8-4-3-5-15(19)17(20)11-13-6-7-14(21)12-16(13)19/h2,6-7,12,15,17,21H,1,3-5,8-11H2/t15?,17-,19-/m1/s1. The number of ether oxygens (including phenoxy) is 1. The summed E-state index contributed by atoms with van der Waals surface area (Å²) in [7, 11) is 0. The van der Waals surface area contributed by atoms with Crippen molar-refractivity contribution in [3.8, 4) is 5.75 Å². The van der Waals surface area contributed by atoms with Crippen LogP contribution >= 0.6 is 0 Å². The van der Waals surface area contributed by atoms with Gasteiger partial charge in [0.1, 0.15) is 5.75 Å². The van der Waals surface area contributed by atoms with Gasteiger partial charge in [0.2, 0.25) is 0 Å². The second kappa shape index (κ2) is 5.29. The second-order valence-electron chi connectivity index (χ2n) is 7.12. The van der Waals surface area contributed by atoms with Crippen LogP contribution in [0.2, 0.25) is 0 Å². The number of carbonyl (C=O) groups is 1. The molecule has 23 heavy (non-hydrogen) atoms. The molecule has 1 aromatic rings. The van der Waals surface area contributed by atoms with E-state index < -0.39 is 0 Å². The van der Waals surface area contributed by atoms with Crippen molar-refractivity contribution >= 4 is 6.09 Å². The maximum absolute atomic E-state index is 12.3. The first kappa shape index (κ1) is 14.6. The Kier molecular flexibility index (Phi) is 3.36. The van der Waals surface area contributed by atoms with Crippen LogP contribution < -0.4 is 0 Å². The van der Waals surface area contributed by atoms with Gasteiger partial charge in [0.15, 0.2) is 0 Å². The number of fused-ring (bicyclic) bond motifs is 1. The van der Waals surface area contributed by atoms with Gasteiger partial charge in [0.05, 0.1) is 6.26 Å². The van der Waals surface area contributed by atoms with Crippen LogP contribution in [0.5, 0.6) is 5.75 Å². The molecule has 1 saturated carbocycles. The molecule has 4 nitrogen and oxygen atoms in total. The third kappa shape index (κ3) is 2.07. The highest BCUT2D eigenvalue weighted by molar-refractivity contribution is 5.69. The zero-order valence-electron chi connectivity index (χ0n) is 13.3. The fourth-order valence-electron chi connectivity index (χ4n) is 5.36. The number of rotatable bonds is 1. The average Bonchev–Trinajstić information content (AvgIpc) is 2.56. The molecule has 1 unspecified atom stereocenters. The van der Waals surface area contributed by atoms with E-state index >= 15 is 0 Å². The number of amides is 1. The molecule has 1 saturated heterocycles. The molecule has 0 radical (unpaired) electrons. The van der Waals surface area contributed by atoms with Crippen LogP contribution in [-0.2, 0) is 16.6 Å². The number of benzene rings is 1. The van der Waals surface area contributed by atoms with Crippen LogP contribution in [0.4, 0.5) is 4.79 Å². The molecule has 4 heteroatoms. The first-order valence-corrected chi connectivity index (χ1v) is 8.56. The van der Waals surface area contributed by atoms with E-state index in [2.05, 4.69) is 6.58 Å². The van der Waals surface area contributed by atoms with Crippen LogP contribution in [0.3, 0.4) is 0 Å². The van der Waals surface area contributed by atoms with Gasteiger partial charge in [-0.1, -0.05) is 25.5 Å². The Hall–Kier alpha value is -1.97. The molecule has 1 amide bonds. The molecule has 0 spiro atoms. The largest absolute Gasteiger partial charge is 0.508 e. The average molecular weight is 313 g/mol. The zero-order chi connectivity index (χ0) is 16.0. The monoisotopic (exact) mass is 313 g/mol. The maximum atomic E-state index is 12.3. The fraction of sp³-hybridized carbons (Fsp3) is 0.526. The van der Waals surface area contributed by atoms with E-state index in [4.69, 9.17) is 4.74 Å². The molecule has 1 aliphatic heterocycles. The minimum absolute atomic E-state index is 0.125. The smallest absolute Gasteiger partial charge is 0.414 e. The molecule has 1 N–H and O–H groups in total. The Morgan fingerprint density at radius 3 is 3.09 bits per heavy atom. The summed E-state index contributed by atoms with van der Waals surface area (Å²) in [5, 5.41) is 9.99. The molecule has 4 rings (SSSR count). The maximum Gasteiger partial charge on any atom is 0.414 e. The fourth-order valence-corrected chi connectivity index (χ4v) is 5.36. The number of hydrogen-bond donors (Lipinski definition) is 1. The lowest BCUT2D eigenvalue weighted by molar-refractivity contribution is -0.00426. The van der Waals surface area contributed by atoms with Crippen LogP contribution in [0.15, 0.2) is 31.0 Å². The number of nitrogens with zero attached hydrogens (tertiary/aromatic N) is 1. The van der Waals surface area contributed by atoms with Crippen LogP contribution in [0.1, 0.15) is 43.2 Å². The summed E-state index contributed by atoms with van der Waals surface area (Å²) in [5.74, 6) is 0.825. The van der Waals surface area contributed by atoms with Crippen molar-refractivity contribution in [3.63, 3.8) is 0 Å². The van der Waals surface area contributed by atoms with Crippen LogP contribution in [-0.4, -0.2) is 28.7 Å². The Morgan fingerprint density at radius 2 is 2.26 bits per heavy atom. The van der Waals surface area contributed by atoms with Gasteiger partial charge in [-0.25, -0.2) is 4.79 Å². The van der Waals surface area contributed by atoms with E-state index in [9.17, 15) is 9.90 Å². The van der Waals surface area contributed by atoms with Crippen molar-refractivity contribution in [1.82, 2.24) is 4.90 Å². The Balaban J connectivity index is 1.79. The summed E-state index contributed by atoms with van der Waals surface area (Å²) in [5.41, 5.74) is 2.73. The van der Waals surface area contributed by atoms with E-state index in [1.165, 1.54) is 30.2 Å². The van der Waals surface area contributed by atoms with Crippen molar-refractivity contribution in [2.24, 2.45) is 5.92 Å². The number of carbonyl (C=O) groups excluding carboxylic acids is 1. The molecular formula is C19H23NO3. The molecule has 2 aliphatic carbocycles. The summed E-state index contributed by atoms with van der Waals surface area (Å²) in [4.78, 5) is 14.2. The van der Waals surface area contributed by atoms with E-state index in [-0.39, 0.29) is 17.6 Å². The van der Waals surface area contributed by atoms with Crippen LogP contribution in [0.25, 0.3) is 0 Å². The highest BCUT2D eigenvalue weighted by Crippen LogP contribution is 2.56. The first-order chi connectivity index (χ1) is 11.2. The molecule has 2 fully saturated rings. The second-order valence-corrected chi connectivity index (χ2v) is 7.12. The highest BCUT2D eigenvalue weighted by atomic mass is 16.5. The van der Waals surface area contributed by atoms with Gasteiger partial charge in [-0.15, -0.1) is 0 Å². The third-order valence-corrected chi connectivity index (χ3v) is 6.24. The number of phenols is 1. The van der Waals surface area contributed by atoms with Crippen molar-refractivity contribution in [2.75, 3.05) is 6.54 Å². The van der Waals surface area contributed by atoms with Gasteiger partial charge < -0.3 is 14.7 Å². The predicted octanol–water partition coefficient (Wildman–Crippen LogP) is 3.73. The van der Waals surface area contributed by atoms with Gasteiger partial charge in [0, 0.05) is 18.0 Å². The van der Waals surface area contributed by atoms with E-state index in [0.29, 0.717) is 11.7 Å². The van der Waals surface area contributed by atoms with Crippen molar-refractivity contribution in [1.29, 1.82) is 0 Å². The highest BCUT2D eigenvalue weighted by Gasteiger charge is 2.55. The topological polar surface area (TPSA) is 49.8 Å². The number of likely N-dealkylation sites (tertiary alicyclic amines) is 1. The number of phenolic OH excluding ortho intramolecular Hbond substituents is 1. The third-order valence-electron chi connectivity index (χ3n) is 6.24. The SMILES string of the molecule is C=COC(=O)N1CC[C@]23CCCCC2[C@H]1Cc1ccc(O)cc13. The van der Waals surface area contributed by atoms with Crippen molar-refractivity contribution in [3.05, 3.63) is 42.2 Å². The van der Waals surface area contributed by atoms with Gasteiger partial charge in [-0.2, -0.15) is 0 Å². The van der Waals surface area contributed by atoms with E-state index in [1.807, 2.05) is 17.0 Å². The zero-order valence-corrected chi connectivity index (χ0v) is 13.3. The summed E-state index contributed by atoms with van der Waals surface area (Å²) in [6.07, 6.45) is 7.53. The summed E-state index contributed by atoms with van der Waals surface area (Å²) >= 11 is 0. The van der Waals surface area contributed by atoms with Gasteiger partial charge in [0.25, 0.3) is 0 Å². The first-order valence-electron chi connectivity index (χ1n) is 8.56. The molecule has 122 valence electrons. The van der Waals surface area contributed by atoms with E-state index in [1.54, 1.807) is 6.07 Å². The summed E-state index contributed by atoms with van der Waals surface area (Å²) < 4.78 is 5.07. The van der Waals surface area contributed by atoms with E-state index in [0.717, 1.165) is 32.2 Å². The quantitative estimate of drug-likeness (QED) is 0.804. The van der Waals surface area contributed by atoms with Gasteiger partial charge in [-0.05, 0) is 54.9 Å². The Bertz CT molecular complexity index is 656. The Morgan fingerprint density at radius 1 is 1.39 bits per heavy atom. The lowest BCUT2D eigenvalue weighted by Crippen LogP contribution is -2.62. The van der Waals surface area contributed by atoms with Gasteiger partial charge >= 0.3 is 6.09 Å². The van der Waals surface area contributed by atoms with Crippen molar-refractivity contribution < 1.29 is 14.6 Å². The lowest BCUT2D eigenvalue weighted by Gasteiger charge is -2.58. The molecule has 3 atom stereocenters. The molecule has 3 aliphatic rings. The Labute approximate surface area is 136 Å². The van der Waals surface area contributed by atoms with Crippen LogP contribution in [0, 0.1) is 5.92 Å². The normalized spacial score (nSPS) is 31.7.